The van der Waals surface area contributed by atoms with Crippen molar-refractivity contribution in [2.24, 2.45) is 0 Å². The number of nitrogens with zero attached hydrogens (tertiary/aromatic N) is 2. The van der Waals surface area contributed by atoms with Crippen LogP contribution < -0.4 is 10.6 Å². The first-order valence-corrected chi connectivity index (χ1v) is 15.8. The summed E-state index contributed by atoms with van der Waals surface area (Å²) < 4.78 is 10.8. The van der Waals surface area contributed by atoms with Gasteiger partial charge < -0.3 is 20.1 Å². The van der Waals surface area contributed by atoms with Gasteiger partial charge in [0.1, 0.15) is 5.78 Å². The molecule has 1 atom stereocenters. The molecule has 1 aromatic rings. The van der Waals surface area contributed by atoms with E-state index in [2.05, 4.69) is 10.6 Å². The Hall–Kier alpha value is -3.62. The fourth-order valence-corrected chi connectivity index (χ4v) is 5.58. The van der Waals surface area contributed by atoms with Crippen LogP contribution >= 0.6 is 11.8 Å². The second-order valence-electron chi connectivity index (χ2n) is 10.4. The number of benzene rings is 1. The van der Waals surface area contributed by atoms with Crippen LogP contribution in [0, 0.1) is 0 Å². The third-order valence-corrected chi connectivity index (χ3v) is 8.18. The molecule has 14 heteroatoms. The molecule has 2 N–H and O–H groups in total. The number of ketones is 1. The Morgan fingerprint density at radius 3 is 2.27 bits per heavy atom. The Morgan fingerprint density at radius 1 is 0.886 bits per heavy atom. The topological polar surface area (TPSA) is 168 Å². The molecule has 2 heterocycles. The van der Waals surface area contributed by atoms with Gasteiger partial charge in [0.2, 0.25) is 35.4 Å². The third-order valence-electron chi connectivity index (χ3n) is 6.97. The Morgan fingerprint density at radius 2 is 1.61 bits per heavy atom. The highest BCUT2D eigenvalue weighted by molar-refractivity contribution is 8.00. The van der Waals surface area contributed by atoms with Gasteiger partial charge in [0, 0.05) is 63.2 Å². The number of anilines is 1. The first-order chi connectivity index (χ1) is 21.1. The molecule has 2 fully saturated rings. The molecule has 44 heavy (non-hydrogen) atoms. The number of β-lactam (4-membered cyclic amide) rings is 1. The van der Waals surface area contributed by atoms with Crippen LogP contribution in [0.3, 0.4) is 0 Å². The minimum atomic E-state index is -0.493. The highest BCUT2D eigenvalue weighted by Crippen LogP contribution is 2.26. The maximum Gasteiger partial charge on any atom is 0.242 e. The van der Waals surface area contributed by atoms with Crippen molar-refractivity contribution >= 4 is 58.7 Å². The van der Waals surface area contributed by atoms with E-state index >= 15 is 0 Å². The van der Waals surface area contributed by atoms with Gasteiger partial charge in [-0.05, 0) is 31.0 Å². The first kappa shape index (κ1) is 34.9. The summed E-state index contributed by atoms with van der Waals surface area (Å²) in [5, 5.41) is 4.98. The van der Waals surface area contributed by atoms with Crippen LogP contribution in [0.4, 0.5) is 5.69 Å². The van der Waals surface area contributed by atoms with Crippen molar-refractivity contribution < 1.29 is 43.0 Å². The van der Waals surface area contributed by atoms with Crippen molar-refractivity contribution in [2.45, 2.75) is 57.1 Å². The van der Waals surface area contributed by atoms with Gasteiger partial charge in [0.05, 0.1) is 38.1 Å². The summed E-state index contributed by atoms with van der Waals surface area (Å²) in [4.78, 5) is 85.5. The Labute approximate surface area is 260 Å². The second-order valence-corrected chi connectivity index (χ2v) is 11.7. The number of thioether (sulfide) groups is 1. The van der Waals surface area contributed by atoms with E-state index in [-0.39, 0.29) is 106 Å². The molecule has 13 nitrogen and oxygen atoms in total. The van der Waals surface area contributed by atoms with Crippen LogP contribution in [0.15, 0.2) is 24.3 Å². The third kappa shape index (κ3) is 11.8. The van der Waals surface area contributed by atoms with Crippen molar-refractivity contribution in [3.63, 3.8) is 0 Å². The van der Waals surface area contributed by atoms with E-state index in [1.807, 2.05) is 12.1 Å². The molecule has 0 bridgehead atoms. The van der Waals surface area contributed by atoms with Crippen LogP contribution in [-0.2, 0) is 49.5 Å². The van der Waals surface area contributed by atoms with Gasteiger partial charge in [0.25, 0.3) is 0 Å². The van der Waals surface area contributed by atoms with Crippen LogP contribution in [0.2, 0.25) is 0 Å². The number of hydrogen-bond donors (Lipinski definition) is 2. The summed E-state index contributed by atoms with van der Waals surface area (Å²) >= 11 is 1.30. The number of nitrogens with one attached hydrogen (secondary N) is 2. The second kappa shape index (κ2) is 18.2. The lowest BCUT2D eigenvalue weighted by Crippen LogP contribution is -2.47. The molecule has 2 saturated heterocycles. The van der Waals surface area contributed by atoms with Crippen molar-refractivity contribution in [1.82, 2.24) is 15.1 Å². The summed E-state index contributed by atoms with van der Waals surface area (Å²) in [5.41, 5.74) is 1.57. The largest absolute Gasteiger partial charge is 0.379 e. The summed E-state index contributed by atoms with van der Waals surface area (Å²) in [5.74, 6) is -0.873. The molecule has 0 radical (unpaired) electrons. The molecule has 0 aromatic heterocycles. The molecule has 0 saturated carbocycles. The number of aryl methyl sites for hydroxylation is 1. The predicted octanol–water partition coefficient (Wildman–Crippen LogP) is 1.09. The average Bonchev–Trinajstić information content (AvgIpc) is 3.25. The molecule has 240 valence electrons. The molecule has 6 amide bonds. The number of amides is 6. The SMILES string of the molecule is CC(=O)CCSC1CC(=O)N(CCC(=O)NCCOCCOCCC(=O)Nc2ccc(CCC(=O)N3CCC3=O)cc2)C1=O. The minimum absolute atomic E-state index is 0.000665. The Balaban J connectivity index is 1.15. The molecule has 2 aliphatic rings. The normalized spacial score (nSPS) is 16.2. The summed E-state index contributed by atoms with van der Waals surface area (Å²) in [6, 6.07) is 7.20. The molecule has 2 aliphatic heterocycles. The molecule has 0 aliphatic carbocycles. The number of ether oxygens (including phenoxy) is 2. The zero-order chi connectivity index (χ0) is 31.9. The van der Waals surface area contributed by atoms with Crippen molar-refractivity contribution in [3.05, 3.63) is 29.8 Å². The lowest BCUT2D eigenvalue weighted by Gasteiger charge is -2.28. The summed E-state index contributed by atoms with van der Waals surface area (Å²) in [7, 11) is 0. The number of likely N-dealkylation sites (tertiary alicyclic amines) is 2. The van der Waals surface area contributed by atoms with Crippen LogP contribution in [-0.4, -0.2) is 108 Å². The van der Waals surface area contributed by atoms with Gasteiger partial charge in [-0.1, -0.05) is 12.1 Å². The van der Waals surface area contributed by atoms with Gasteiger partial charge in [-0.3, -0.25) is 43.4 Å². The number of rotatable bonds is 20. The monoisotopic (exact) mass is 632 g/mol. The number of carbonyl (C=O) groups excluding carboxylic acids is 7. The van der Waals surface area contributed by atoms with E-state index in [1.165, 1.54) is 23.6 Å². The van der Waals surface area contributed by atoms with E-state index in [1.54, 1.807) is 12.1 Å². The molecule has 1 aromatic carbocycles. The van der Waals surface area contributed by atoms with E-state index < -0.39 is 5.25 Å². The van der Waals surface area contributed by atoms with Crippen LogP contribution in [0.25, 0.3) is 0 Å². The van der Waals surface area contributed by atoms with Crippen LogP contribution in [0.1, 0.15) is 51.0 Å². The fourth-order valence-electron chi connectivity index (χ4n) is 4.36. The molecular formula is C30H40N4O9S. The van der Waals surface area contributed by atoms with E-state index in [9.17, 15) is 33.6 Å². The first-order valence-electron chi connectivity index (χ1n) is 14.7. The molecule has 0 spiro atoms. The quantitative estimate of drug-likeness (QED) is 0.121. The van der Waals surface area contributed by atoms with Crippen molar-refractivity contribution in [2.75, 3.05) is 57.1 Å². The Kier molecular flexibility index (Phi) is 14.5. The lowest BCUT2D eigenvalue weighted by molar-refractivity contribution is -0.152. The van der Waals surface area contributed by atoms with Gasteiger partial charge >= 0.3 is 0 Å². The summed E-state index contributed by atoms with van der Waals surface area (Å²) in [6.45, 7) is 3.30. The van der Waals surface area contributed by atoms with Gasteiger partial charge in [0.15, 0.2) is 0 Å². The smallest absolute Gasteiger partial charge is 0.242 e. The number of imide groups is 2. The predicted molar refractivity (Wildman–Crippen MR) is 161 cm³/mol. The number of carbonyl (C=O) groups is 7. The highest BCUT2D eigenvalue weighted by Gasteiger charge is 2.38. The van der Waals surface area contributed by atoms with Gasteiger partial charge in [-0.2, -0.15) is 0 Å². The van der Waals surface area contributed by atoms with E-state index in [0.717, 1.165) is 10.5 Å². The molecule has 1 unspecified atom stereocenters. The maximum atomic E-state index is 12.4. The standard InChI is InChI=1S/C30H40N4O9S/c1-21(35)11-19-44-24-20-29(40)34(30(24)41)13-8-25(36)31-12-16-43-18-17-42-15-10-26(37)32-23-5-2-22(3-6-23)4-7-27(38)33-14-9-28(33)39/h2-3,5-6,24H,4,7-20H2,1H3,(H,31,36)(H,32,37). The molecular weight excluding hydrogens is 592 g/mol. The van der Waals surface area contributed by atoms with Gasteiger partial charge in [-0.25, -0.2) is 0 Å². The lowest BCUT2D eigenvalue weighted by atomic mass is 10.1. The van der Waals surface area contributed by atoms with Crippen molar-refractivity contribution in [3.8, 4) is 0 Å². The zero-order valence-electron chi connectivity index (χ0n) is 25.0. The number of Topliss-reactive ketones (excluding diaryl/α,β-unsaturated/α-hetero) is 1. The summed E-state index contributed by atoms with van der Waals surface area (Å²) in [6.07, 6.45) is 1.83. The van der Waals surface area contributed by atoms with Gasteiger partial charge in [-0.15, -0.1) is 11.8 Å². The fraction of sp³-hybridized carbons (Fsp3) is 0.567. The van der Waals surface area contributed by atoms with Crippen LogP contribution in [0.5, 0.6) is 0 Å². The average molecular weight is 633 g/mol. The molecule has 3 rings (SSSR count). The van der Waals surface area contributed by atoms with E-state index in [4.69, 9.17) is 9.47 Å². The maximum absolute atomic E-state index is 12.4. The minimum Gasteiger partial charge on any atom is -0.379 e. The zero-order valence-corrected chi connectivity index (χ0v) is 25.8. The highest BCUT2D eigenvalue weighted by atomic mass is 32.2. The van der Waals surface area contributed by atoms with E-state index in [0.29, 0.717) is 37.2 Å². The number of hydrogen-bond acceptors (Lipinski definition) is 10. The Bertz CT molecular complexity index is 1210. The van der Waals surface area contributed by atoms with Crippen molar-refractivity contribution in [1.29, 1.82) is 0 Å².